The average Bonchev–Trinajstić information content (AvgIpc) is 3.21. The number of hydrogen-bond donors (Lipinski definition) is 0. The number of rotatable bonds is 10. The zero-order chi connectivity index (χ0) is 35.5. The second-order valence-corrected chi connectivity index (χ2v) is 14.4. The number of hydrogen-bond acceptors (Lipinski definition) is 5. The van der Waals surface area contributed by atoms with Crippen LogP contribution < -0.4 is 9.47 Å². The van der Waals surface area contributed by atoms with Crippen LogP contribution in [0.4, 0.5) is 0 Å². The molecule has 0 radical (unpaired) electrons. The van der Waals surface area contributed by atoms with Crippen molar-refractivity contribution in [2.75, 3.05) is 13.2 Å². The maximum absolute atomic E-state index is 13.8. The summed E-state index contributed by atoms with van der Waals surface area (Å²) < 4.78 is 12.5. The first-order valence-electron chi connectivity index (χ1n) is 17.6. The maximum atomic E-state index is 13.8. The highest BCUT2D eigenvalue weighted by atomic mass is 32.2. The fourth-order valence-electron chi connectivity index (χ4n) is 7.82. The Morgan fingerprint density at radius 1 is 0.377 bits per heavy atom. The highest BCUT2D eigenvalue weighted by Crippen LogP contribution is 2.41. The zero-order valence-corrected chi connectivity index (χ0v) is 29.3. The van der Waals surface area contributed by atoms with E-state index in [2.05, 4.69) is 72.8 Å². The molecular formula is C48H30O4S. The van der Waals surface area contributed by atoms with Gasteiger partial charge in [-0.25, -0.2) is 0 Å². The molecule has 10 aromatic carbocycles. The van der Waals surface area contributed by atoms with Gasteiger partial charge in [0.05, 0.1) is 9.79 Å². The summed E-state index contributed by atoms with van der Waals surface area (Å²) >= 11 is 1.48. The molecule has 0 saturated heterocycles. The van der Waals surface area contributed by atoms with E-state index in [0.717, 1.165) is 63.7 Å². The Labute approximate surface area is 309 Å². The summed E-state index contributed by atoms with van der Waals surface area (Å²) in [7, 11) is 0. The number of carbonyl (C=O) groups excluding carboxylic acids is 2. The third-order valence-corrected chi connectivity index (χ3v) is 11.4. The average molecular weight is 703 g/mol. The highest BCUT2D eigenvalue weighted by Gasteiger charge is 2.19. The number of para-hydroxylation sites is 2. The Balaban J connectivity index is 0.883. The van der Waals surface area contributed by atoms with Gasteiger partial charge in [0, 0.05) is 11.1 Å². The summed E-state index contributed by atoms with van der Waals surface area (Å²) in [5.74, 6) is 1.03. The molecule has 10 rings (SSSR count). The van der Waals surface area contributed by atoms with Crippen LogP contribution in [0.1, 0.15) is 20.7 Å². The zero-order valence-electron chi connectivity index (χ0n) is 28.5. The fourth-order valence-corrected chi connectivity index (χ4v) is 8.81. The van der Waals surface area contributed by atoms with Crippen molar-refractivity contribution < 1.29 is 19.1 Å². The highest BCUT2D eigenvalue weighted by molar-refractivity contribution is 7.99. The second-order valence-electron chi connectivity index (χ2n) is 13.4. The Bertz CT molecular complexity index is 2800. The summed E-state index contributed by atoms with van der Waals surface area (Å²) in [6, 6.07) is 52.6. The van der Waals surface area contributed by atoms with Crippen molar-refractivity contribution in [1.29, 1.82) is 0 Å². The first kappa shape index (κ1) is 31.3. The predicted octanol–water partition coefficient (Wildman–Crippen LogP) is 12.2. The first-order chi connectivity index (χ1) is 26.1. The van der Waals surface area contributed by atoms with Crippen molar-refractivity contribution in [1.82, 2.24) is 0 Å². The summed E-state index contributed by atoms with van der Waals surface area (Å²) in [6.45, 7) is -0.207. The van der Waals surface area contributed by atoms with Crippen LogP contribution in [0.3, 0.4) is 0 Å². The molecule has 5 heteroatoms. The molecule has 0 amide bonds. The lowest BCUT2D eigenvalue weighted by molar-refractivity contribution is 0.0915. The normalized spacial score (nSPS) is 11.8. The monoisotopic (exact) mass is 702 g/mol. The second kappa shape index (κ2) is 12.7. The SMILES string of the molecule is O=C(COc1ccccc1Sc1ccccc1OCC(=O)c1ccc2ccc3cccc4ccc1c2c34)c1ccc2ccc3cccc4ccc1c2c34. The maximum Gasteiger partial charge on any atom is 0.200 e. The van der Waals surface area contributed by atoms with Crippen LogP contribution in [-0.2, 0) is 0 Å². The van der Waals surface area contributed by atoms with Crippen LogP contribution in [0.5, 0.6) is 11.5 Å². The molecule has 0 atom stereocenters. The van der Waals surface area contributed by atoms with Gasteiger partial charge < -0.3 is 9.47 Å². The van der Waals surface area contributed by atoms with Crippen molar-refractivity contribution in [2.45, 2.75) is 9.79 Å². The number of ketones is 2. The molecule has 0 saturated carbocycles. The quantitative estimate of drug-likeness (QED) is 0.105. The largest absolute Gasteiger partial charge is 0.484 e. The minimum Gasteiger partial charge on any atom is -0.484 e. The van der Waals surface area contributed by atoms with Crippen LogP contribution in [0, 0.1) is 0 Å². The van der Waals surface area contributed by atoms with Gasteiger partial charge in [0.2, 0.25) is 11.6 Å². The van der Waals surface area contributed by atoms with E-state index in [9.17, 15) is 9.59 Å². The van der Waals surface area contributed by atoms with Crippen LogP contribution in [0.15, 0.2) is 168 Å². The standard InChI is InChI=1S/C48H30O4S/c49-39(35-23-19-33-17-15-29-7-5-9-31-21-25-37(35)47(33)45(29)31)27-51-41-11-1-3-13-43(41)53-44-14-4-2-12-42(44)52-28-40(50)36-24-20-34-18-16-30-8-6-10-32-22-26-38(36)48(34)46(30)32/h1-26H,27-28H2. The summed E-state index contributed by atoms with van der Waals surface area (Å²) in [5, 5.41) is 13.3. The van der Waals surface area contributed by atoms with E-state index < -0.39 is 0 Å². The van der Waals surface area contributed by atoms with E-state index in [1.54, 1.807) is 0 Å². The molecule has 53 heavy (non-hydrogen) atoms. The molecular weight excluding hydrogens is 673 g/mol. The molecule has 0 bridgehead atoms. The number of Topliss-reactive ketones (excluding diaryl/α,β-unsaturated/α-hetero) is 2. The Kier molecular flexibility index (Phi) is 7.48. The topological polar surface area (TPSA) is 52.6 Å². The lowest BCUT2D eigenvalue weighted by Crippen LogP contribution is -2.13. The van der Waals surface area contributed by atoms with Gasteiger partial charge in [-0.3, -0.25) is 9.59 Å². The van der Waals surface area contributed by atoms with Crippen LogP contribution >= 0.6 is 11.8 Å². The van der Waals surface area contributed by atoms with E-state index in [4.69, 9.17) is 9.47 Å². The van der Waals surface area contributed by atoms with Crippen molar-refractivity contribution in [3.63, 3.8) is 0 Å². The molecule has 4 nitrogen and oxygen atoms in total. The molecule has 0 unspecified atom stereocenters. The minimum absolute atomic E-state index is 0.0863. The molecule has 0 spiro atoms. The number of carbonyl (C=O) groups is 2. The van der Waals surface area contributed by atoms with Gasteiger partial charge in [-0.05, 0) is 88.9 Å². The molecule has 252 valence electrons. The molecule has 0 aliphatic heterocycles. The van der Waals surface area contributed by atoms with E-state index in [1.807, 2.05) is 84.9 Å². The smallest absolute Gasteiger partial charge is 0.200 e. The summed E-state index contributed by atoms with van der Waals surface area (Å²) in [6.07, 6.45) is 0. The van der Waals surface area contributed by atoms with Gasteiger partial charge in [0.25, 0.3) is 0 Å². The van der Waals surface area contributed by atoms with Crippen molar-refractivity contribution >= 4 is 88.0 Å². The van der Waals surface area contributed by atoms with Gasteiger partial charge >= 0.3 is 0 Å². The molecule has 0 fully saturated rings. The summed E-state index contributed by atoms with van der Waals surface area (Å²) in [5.41, 5.74) is 1.29. The van der Waals surface area contributed by atoms with Gasteiger partial charge in [-0.15, -0.1) is 0 Å². The van der Waals surface area contributed by atoms with E-state index in [-0.39, 0.29) is 24.8 Å². The molecule has 0 aliphatic rings. The minimum atomic E-state index is -0.104. The van der Waals surface area contributed by atoms with Crippen molar-refractivity contribution in [3.8, 4) is 11.5 Å². The van der Waals surface area contributed by atoms with Gasteiger partial charge in [0.1, 0.15) is 11.5 Å². The Hall–Kier alpha value is -6.43. The van der Waals surface area contributed by atoms with Crippen LogP contribution in [-0.4, -0.2) is 24.8 Å². The lowest BCUT2D eigenvalue weighted by atomic mass is 9.91. The number of ether oxygens (including phenoxy) is 2. The third kappa shape index (κ3) is 5.32. The Morgan fingerprint density at radius 2 is 0.736 bits per heavy atom. The van der Waals surface area contributed by atoms with E-state index in [0.29, 0.717) is 22.6 Å². The molecule has 10 aromatic rings. The third-order valence-electron chi connectivity index (χ3n) is 10.3. The Morgan fingerprint density at radius 3 is 1.17 bits per heavy atom. The van der Waals surface area contributed by atoms with E-state index >= 15 is 0 Å². The molecule has 0 aromatic heterocycles. The molecule has 0 N–H and O–H groups in total. The lowest BCUT2D eigenvalue weighted by Gasteiger charge is -2.16. The molecule has 0 aliphatic carbocycles. The van der Waals surface area contributed by atoms with Gasteiger partial charge in [0.15, 0.2) is 13.2 Å². The van der Waals surface area contributed by atoms with Crippen LogP contribution in [0.25, 0.3) is 64.6 Å². The predicted molar refractivity (Wildman–Crippen MR) is 217 cm³/mol. The van der Waals surface area contributed by atoms with Crippen LogP contribution in [0.2, 0.25) is 0 Å². The van der Waals surface area contributed by atoms with Crippen molar-refractivity contribution in [2.24, 2.45) is 0 Å². The van der Waals surface area contributed by atoms with Gasteiger partial charge in [-0.2, -0.15) is 0 Å². The summed E-state index contributed by atoms with van der Waals surface area (Å²) in [4.78, 5) is 29.2. The van der Waals surface area contributed by atoms with Crippen molar-refractivity contribution in [3.05, 3.63) is 169 Å². The van der Waals surface area contributed by atoms with Gasteiger partial charge in [-0.1, -0.05) is 145 Å². The molecule has 0 heterocycles. The first-order valence-corrected chi connectivity index (χ1v) is 18.4. The number of benzene rings is 10. The fraction of sp³-hybridized carbons (Fsp3) is 0.0417. The van der Waals surface area contributed by atoms with E-state index in [1.165, 1.54) is 22.5 Å².